The first-order valence-electron chi connectivity index (χ1n) is 15.1. The van der Waals surface area contributed by atoms with Crippen molar-refractivity contribution in [2.45, 2.75) is 63.2 Å². The van der Waals surface area contributed by atoms with Crippen LogP contribution in [-0.2, 0) is 0 Å². The molecule has 1 atom stereocenters. The second-order valence-electron chi connectivity index (χ2n) is 12.1. The molecule has 0 bridgehead atoms. The summed E-state index contributed by atoms with van der Waals surface area (Å²) in [5, 5.41) is 4.43. The molecule has 4 aromatic carbocycles. The van der Waals surface area contributed by atoms with E-state index in [9.17, 15) is 8.78 Å². The van der Waals surface area contributed by atoms with E-state index in [1.165, 1.54) is 61.3 Å². The Bertz CT molecular complexity index is 1370. The van der Waals surface area contributed by atoms with E-state index in [0.29, 0.717) is 11.8 Å². The molecule has 0 amide bonds. The maximum Gasteiger partial charge on any atom is 0.159 e. The number of rotatable bonds is 6. The van der Waals surface area contributed by atoms with Gasteiger partial charge >= 0.3 is 0 Å². The molecule has 2 aliphatic carbocycles. The molecule has 0 nitrogen and oxygen atoms in total. The normalized spacial score (nSPS) is 22.5. The van der Waals surface area contributed by atoms with Crippen LogP contribution in [0.5, 0.6) is 0 Å². The first kappa shape index (κ1) is 33.2. The molecule has 0 radical (unpaired) electrons. The first-order chi connectivity index (χ1) is 19.5. The quantitative estimate of drug-likeness (QED) is 0.165. The zero-order chi connectivity index (χ0) is 27.5. The molecule has 5 heteroatoms. The lowest BCUT2D eigenvalue weighted by atomic mass is 9.67. The van der Waals surface area contributed by atoms with E-state index < -0.39 is 18.9 Å². The van der Waals surface area contributed by atoms with Gasteiger partial charge in [0.05, 0.1) is 6.66 Å². The SMILES string of the molecule is C[P+](c1ccccc1)(c1ccccc1)c1ccccc1C1CCC(C2CCC(c3ccc(F)c(F)c3)CC2)CC1.P.[I-]. The third-order valence-corrected chi connectivity index (χ3v) is 14.1. The second-order valence-corrected chi connectivity index (χ2v) is 15.7. The van der Waals surface area contributed by atoms with E-state index in [4.69, 9.17) is 0 Å². The van der Waals surface area contributed by atoms with Crippen LogP contribution >= 0.6 is 17.2 Å². The van der Waals surface area contributed by atoms with Crippen LogP contribution < -0.4 is 39.9 Å². The maximum absolute atomic E-state index is 13.8. The molecule has 42 heavy (non-hydrogen) atoms. The number of hydrogen-bond donors (Lipinski definition) is 0. The summed E-state index contributed by atoms with van der Waals surface area (Å²) in [5.41, 5.74) is 2.53. The molecule has 0 heterocycles. The van der Waals surface area contributed by atoms with Gasteiger partial charge in [0.15, 0.2) is 11.6 Å². The van der Waals surface area contributed by atoms with Crippen LogP contribution in [-0.4, -0.2) is 6.66 Å². The molecule has 0 aromatic heterocycles. The third-order valence-electron chi connectivity index (χ3n) is 10.0. The highest BCUT2D eigenvalue weighted by Gasteiger charge is 2.43. The van der Waals surface area contributed by atoms with Gasteiger partial charge in [0, 0.05) is 0 Å². The molecule has 6 rings (SSSR count). The Labute approximate surface area is 272 Å². The fraction of sp³-hybridized carbons (Fsp3) is 0.351. The minimum atomic E-state index is -1.77. The van der Waals surface area contributed by atoms with E-state index in [0.717, 1.165) is 30.2 Å². The number of halogens is 3. The van der Waals surface area contributed by atoms with Gasteiger partial charge in [0.25, 0.3) is 0 Å². The first-order valence-corrected chi connectivity index (χ1v) is 17.3. The summed E-state index contributed by atoms with van der Waals surface area (Å²) in [4.78, 5) is 0. The smallest absolute Gasteiger partial charge is 0.159 e. The maximum atomic E-state index is 13.8. The topological polar surface area (TPSA) is 0 Å². The predicted octanol–water partition coefficient (Wildman–Crippen LogP) is 6.20. The lowest BCUT2D eigenvalue weighted by Crippen LogP contribution is -3.00. The van der Waals surface area contributed by atoms with Crippen molar-refractivity contribution in [2.24, 2.45) is 11.8 Å². The molecule has 1 unspecified atom stereocenters. The summed E-state index contributed by atoms with van der Waals surface area (Å²) < 4.78 is 27.2. The van der Waals surface area contributed by atoms with Gasteiger partial charge in [0.2, 0.25) is 0 Å². The van der Waals surface area contributed by atoms with Crippen LogP contribution in [0.4, 0.5) is 8.78 Å². The molecule has 0 saturated heterocycles. The minimum Gasteiger partial charge on any atom is -1.00 e. The van der Waals surface area contributed by atoms with E-state index in [-0.39, 0.29) is 33.9 Å². The summed E-state index contributed by atoms with van der Waals surface area (Å²) in [6, 6.07) is 36.1. The molecule has 2 saturated carbocycles. The van der Waals surface area contributed by atoms with E-state index in [1.807, 2.05) is 0 Å². The molecular weight excluding hydrogens is 671 g/mol. The molecule has 4 aromatic rings. The Balaban J connectivity index is 0.00000202. The van der Waals surface area contributed by atoms with Crippen molar-refractivity contribution in [3.63, 3.8) is 0 Å². The van der Waals surface area contributed by atoms with Crippen molar-refractivity contribution in [1.82, 2.24) is 0 Å². The molecule has 0 N–H and O–H groups in total. The van der Waals surface area contributed by atoms with Gasteiger partial charge in [-0.25, -0.2) is 8.78 Å². The largest absolute Gasteiger partial charge is 1.00 e. The average Bonchev–Trinajstić information content (AvgIpc) is 3.03. The summed E-state index contributed by atoms with van der Waals surface area (Å²) in [7, 11) is -1.77. The van der Waals surface area contributed by atoms with Gasteiger partial charge in [-0.1, -0.05) is 60.7 Å². The van der Waals surface area contributed by atoms with Gasteiger partial charge in [-0.2, -0.15) is 9.90 Å². The van der Waals surface area contributed by atoms with Crippen molar-refractivity contribution < 1.29 is 32.8 Å². The Morgan fingerprint density at radius 2 is 1.02 bits per heavy atom. The molecule has 222 valence electrons. The van der Waals surface area contributed by atoms with Crippen molar-refractivity contribution >= 4 is 33.1 Å². The van der Waals surface area contributed by atoms with Crippen LogP contribution in [0.1, 0.15) is 74.3 Å². The highest BCUT2D eigenvalue weighted by Crippen LogP contribution is 2.54. The number of hydrogen-bond acceptors (Lipinski definition) is 0. The van der Waals surface area contributed by atoms with Crippen LogP contribution in [0.25, 0.3) is 0 Å². The van der Waals surface area contributed by atoms with Crippen LogP contribution in [0.2, 0.25) is 0 Å². The highest BCUT2D eigenvalue weighted by molar-refractivity contribution is 7.95. The van der Waals surface area contributed by atoms with Gasteiger partial charge in [-0.3, -0.25) is 0 Å². The third kappa shape index (κ3) is 6.85. The minimum absolute atomic E-state index is 0. The van der Waals surface area contributed by atoms with Crippen molar-refractivity contribution in [3.8, 4) is 0 Å². The standard InChI is InChI=1S/C37H40F2P.HI.H3P/c1-40(32-10-4-2-5-11-32,33-12-6-3-7-13-33)37-15-9-8-14-34(37)30-22-20-28(21-23-30)27-16-18-29(19-17-27)31-24-25-35(38)36(39)26-31;;/h2-15,24-30H,16-23H2,1H3;1H;1H3/q+1;;/p-1. The lowest BCUT2D eigenvalue weighted by Gasteiger charge is -2.38. The fourth-order valence-corrected chi connectivity index (χ4v) is 11.3. The van der Waals surface area contributed by atoms with Crippen LogP contribution in [0.3, 0.4) is 0 Å². The van der Waals surface area contributed by atoms with E-state index in [2.05, 4.69) is 91.6 Å². The molecule has 2 fully saturated rings. The summed E-state index contributed by atoms with van der Waals surface area (Å²) >= 11 is 0. The van der Waals surface area contributed by atoms with Crippen LogP contribution in [0, 0.1) is 23.5 Å². The van der Waals surface area contributed by atoms with Gasteiger partial charge in [-0.15, -0.1) is 0 Å². The molecule has 2 aliphatic rings. The number of benzene rings is 4. The summed E-state index contributed by atoms with van der Waals surface area (Å²) in [6.07, 6.45) is 9.72. The van der Waals surface area contributed by atoms with E-state index >= 15 is 0 Å². The zero-order valence-electron chi connectivity index (χ0n) is 24.6. The monoisotopic (exact) mass is 714 g/mol. The average molecular weight is 715 g/mol. The van der Waals surface area contributed by atoms with Crippen molar-refractivity contribution in [1.29, 1.82) is 0 Å². The fourth-order valence-electron chi connectivity index (χ4n) is 7.71. The van der Waals surface area contributed by atoms with Gasteiger partial charge in [-0.05, 0) is 129 Å². The Morgan fingerprint density at radius 3 is 1.55 bits per heavy atom. The Hall–Kier alpha value is -1.67. The summed E-state index contributed by atoms with van der Waals surface area (Å²) in [6.45, 7) is 2.51. The van der Waals surface area contributed by atoms with Gasteiger partial charge < -0.3 is 24.0 Å². The summed E-state index contributed by atoms with van der Waals surface area (Å²) in [5.74, 6) is 1.08. The highest BCUT2D eigenvalue weighted by atomic mass is 127. The predicted molar refractivity (Wildman–Crippen MR) is 178 cm³/mol. The van der Waals surface area contributed by atoms with E-state index in [1.54, 1.807) is 16.9 Å². The molecule has 0 aliphatic heterocycles. The Morgan fingerprint density at radius 1 is 0.548 bits per heavy atom. The second kappa shape index (κ2) is 14.9. The molecule has 0 spiro atoms. The van der Waals surface area contributed by atoms with Crippen molar-refractivity contribution in [3.05, 3.63) is 126 Å². The lowest BCUT2D eigenvalue weighted by molar-refractivity contribution is -0.00000914. The van der Waals surface area contributed by atoms with Crippen molar-refractivity contribution in [2.75, 3.05) is 6.66 Å². The van der Waals surface area contributed by atoms with Crippen LogP contribution in [0.15, 0.2) is 103 Å². The van der Waals surface area contributed by atoms with Gasteiger partial charge in [0.1, 0.15) is 23.2 Å². The zero-order valence-corrected chi connectivity index (χ0v) is 29.0. The Kier molecular flexibility index (Phi) is 11.8. The molecular formula is C37H43F2IP2.